The number of ketones is 1. The Kier molecular flexibility index (Phi) is 1.66. The van der Waals surface area contributed by atoms with Crippen molar-refractivity contribution in [2.24, 2.45) is 5.92 Å². The van der Waals surface area contributed by atoms with Crippen LogP contribution in [0.4, 0.5) is 0 Å². The molecular weight excluding hydrogens is 178 g/mol. The summed E-state index contributed by atoms with van der Waals surface area (Å²) in [5.41, 5.74) is 0.859. The molecule has 4 rings (SSSR count). The molecular formula is C11H13NO2. The molecule has 4 aliphatic heterocycles. The third-order valence-corrected chi connectivity index (χ3v) is 3.29. The molecule has 2 bridgehead atoms. The van der Waals surface area contributed by atoms with Gasteiger partial charge in [-0.1, -0.05) is 0 Å². The summed E-state index contributed by atoms with van der Waals surface area (Å²) in [6.07, 6.45) is 6.48. The monoisotopic (exact) mass is 191 g/mol. The van der Waals surface area contributed by atoms with Crippen LogP contribution in [0.3, 0.4) is 0 Å². The zero-order chi connectivity index (χ0) is 9.54. The number of hydrogen-bond acceptors (Lipinski definition) is 3. The number of ether oxygens (including phenoxy) is 1. The van der Waals surface area contributed by atoms with E-state index in [0.29, 0.717) is 5.78 Å². The molecule has 0 unspecified atom stereocenters. The molecule has 4 heterocycles. The molecule has 3 saturated heterocycles. The van der Waals surface area contributed by atoms with Crippen LogP contribution < -0.4 is 0 Å². The molecule has 0 aromatic heterocycles. The SMILES string of the molecule is O=C1C(=C2CC=CO2)N2CCC1CC2. The maximum Gasteiger partial charge on any atom is 0.185 e. The van der Waals surface area contributed by atoms with Crippen LogP contribution in [0.25, 0.3) is 0 Å². The Morgan fingerprint density at radius 1 is 1.36 bits per heavy atom. The van der Waals surface area contributed by atoms with Crippen molar-refractivity contribution >= 4 is 5.78 Å². The van der Waals surface area contributed by atoms with Gasteiger partial charge < -0.3 is 9.64 Å². The van der Waals surface area contributed by atoms with Crippen molar-refractivity contribution in [2.45, 2.75) is 19.3 Å². The summed E-state index contributed by atoms with van der Waals surface area (Å²) < 4.78 is 5.35. The van der Waals surface area contributed by atoms with E-state index >= 15 is 0 Å². The first-order valence-corrected chi connectivity index (χ1v) is 5.20. The van der Waals surface area contributed by atoms with Crippen LogP contribution in [-0.2, 0) is 9.53 Å². The van der Waals surface area contributed by atoms with Crippen molar-refractivity contribution in [2.75, 3.05) is 13.1 Å². The summed E-state index contributed by atoms with van der Waals surface area (Å²) in [7, 11) is 0. The number of carbonyl (C=O) groups excluding carboxylic acids is 1. The maximum atomic E-state index is 12.0. The predicted molar refractivity (Wildman–Crippen MR) is 51.2 cm³/mol. The largest absolute Gasteiger partial charge is 0.467 e. The summed E-state index contributed by atoms with van der Waals surface area (Å²) in [5.74, 6) is 1.44. The first-order chi connectivity index (χ1) is 6.86. The molecule has 0 radical (unpaired) electrons. The first-order valence-electron chi connectivity index (χ1n) is 5.20. The lowest BCUT2D eigenvalue weighted by molar-refractivity contribution is -0.126. The van der Waals surface area contributed by atoms with E-state index in [4.69, 9.17) is 4.74 Å². The molecule has 3 heteroatoms. The zero-order valence-electron chi connectivity index (χ0n) is 8.03. The fraction of sp³-hybridized carbons (Fsp3) is 0.545. The van der Waals surface area contributed by atoms with Gasteiger partial charge in [0.15, 0.2) is 5.78 Å². The molecule has 0 aliphatic carbocycles. The van der Waals surface area contributed by atoms with Crippen molar-refractivity contribution in [3.8, 4) is 0 Å². The molecule has 0 atom stereocenters. The van der Waals surface area contributed by atoms with Gasteiger partial charge >= 0.3 is 0 Å². The Bertz CT molecular complexity index is 325. The third kappa shape index (κ3) is 1.01. The highest BCUT2D eigenvalue weighted by Crippen LogP contribution is 2.35. The Labute approximate surface area is 83.0 Å². The minimum absolute atomic E-state index is 0.270. The highest BCUT2D eigenvalue weighted by atomic mass is 16.5. The minimum Gasteiger partial charge on any atom is -0.467 e. The number of fused-ring (bicyclic) bond motifs is 3. The van der Waals surface area contributed by atoms with E-state index in [2.05, 4.69) is 4.90 Å². The fourth-order valence-corrected chi connectivity index (χ4v) is 2.51. The van der Waals surface area contributed by atoms with Gasteiger partial charge in [-0.2, -0.15) is 0 Å². The second kappa shape index (κ2) is 2.87. The predicted octanol–water partition coefficient (Wildman–Crippen LogP) is 1.43. The van der Waals surface area contributed by atoms with Gasteiger partial charge in [0.1, 0.15) is 11.5 Å². The van der Waals surface area contributed by atoms with E-state index in [-0.39, 0.29) is 5.92 Å². The summed E-state index contributed by atoms with van der Waals surface area (Å²) >= 11 is 0. The van der Waals surface area contributed by atoms with Gasteiger partial charge in [-0.25, -0.2) is 0 Å². The van der Waals surface area contributed by atoms with Crippen LogP contribution in [-0.4, -0.2) is 23.8 Å². The smallest absolute Gasteiger partial charge is 0.185 e. The van der Waals surface area contributed by atoms with Crippen LogP contribution >= 0.6 is 0 Å². The molecule has 0 amide bonds. The molecule has 4 aliphatic rings. The van der Waals surface area contributed by atoms with Crippen LogP contribution in [0.15, 0.2) is 23.8 Å². The van der Waals surface area contributed by atoms with E-state index in [1.165, 1.54) is 0 Å². The second-order valence-electron chi connectivity index (χ2n) is 4.09. The average Bonchev–Trinajstić information content (AvgIpc) is 2.72. The molecule has 0 spiro atoms. The van der Waals surface area contributed by atoms with E-state index in [0.717, 1.165) is 43.8 Å². The maximum absolute atomic E-state index is 12.0. The Hall–Kier alpha value is -1.25. The zero-order valence-corrected chi connectivity index (χ0v) is 8.03. The number of hydrogen-bond donors (Lipinski definition) is 0. The van der Waals surface area contributed by atoms with Crippen LogP contribution in [0.5, 0.6) is 0 Å². The summed E-state index contributed by atoms with van der Waals surface area (Å²) in [5, 5.41) is 0. The van der Waals surface area contributed by atoms with Crippen molar-refractivity contribution in [1.29, 1.82) is 0 Å². The number of rotatable bonds is 0. The van der Waals surface area contributed by atoms with Crippen LogP contribution in [0.2, 0.25) is 0 Å². The average molecular weight is 191 g/mol. The van der Waals surface area contributed by atoms with Gasteiger partial charge in [0.2, 0.25) is 0 Å². The molecule has 3 nitrogen and oxygen atoms in total. The highest BCUT2D eigenvalue weighted by molar-refractivity contribution is 5.98. The van der Waals surface area contributed by atoms with Gasteiger partial charge in [0, 0.05) is 25.4 Å². The van der Waals surface area contributed by atoms with Crippen molar-refractivity contribution < 1.29 is 9.53 Å². The lowest BCUT2D eigenvalue weighted by Gasteiger charge is -2.41. The van der Waals surface area contributed by atoms with E-state index in [9.17, 15) is 4.79 Å². The summed E-state index contributed by atoms with van der Waals surface area (Å²) in [6, 6.07) is 0. The first kappa shape index (κ1) is 8.09. The topological polar surface area (TPSA) is 29.5 Å². The van der Waals surface area contributed by atoms with Gasteiger partial charge in [-0.05, 0) is 18.9 Å². The second-order valence-corrected chi connectivity index (χ2v) is 4.09. The molecule has 0 aromatic rings. The quantitative estimate of drug-likeness (QED) is 0.542. The lowest BCUT2D eigenvalue weighted by Crippen LogP contribution is -2.46. The van der Waals surface area contributed by atoms with Gasteiger partial charge in [0.25, 0.3) is 0 Å². The highest BCUT2D eigenvalue weighted by Gasteiger charge is 2.38. The number of nitrogens with zero attached hydrogens (tertiary/aromatic N) is 1. The number of allylic oxidation sites excluding steroid dienone is 2. The fourth-order valence-electron chi connectivity index (χ4n) is 2.51. The Morgan fingerprint density at radius 2 is 2.14 bits per heavy atom. The summed E-state index contributed by atoms with van der Waals surface area (Å²) in [4.78, 5) is 14.2. The van der Waals surface area contributed by atoms with Crippen molar-refractivity contribution in [3.63, 3.8) is 0 Å². The Balaban J connectivity index is 1.99. The van der Waals surface area contributed by atoms with Gasteiger partial charge in [-0.15, -0.1) is 0 Å². The van der Waals surface area contributed by atoms with Crippen LogP contribution in [0, 0.1) is 5.92 Å². The van der Waals surface area contributed by atoms with E-state index in [1.54, 1.807) is 6.26 Å². The lowest BCUT2D eigenvalue weighted by atomic mass is 9.84. The summed E-state index contributed by atoms with van der Waals surface area (Å²) in [6.45, 7) is 2.05. The van der Waals surface area contributed by atoms with Gasteiger partial charge in [0.05, 0.1) is 6.26 Å². The number of Topliss-reactive ketones (excluding diaryl/α,β-unsaturated/α-hetero) is 1. The molecule has 14 heavy (non-hydrogen) atoms. The number of piperidine rings is 3. The third-order valence-electron chi connectivity index (χ3n) is 3.29. The van der Waals surface area contributed by atoms with E-state index in [1.807, 2.05) is 6.08 Å². The molecule has 0 aromatic carbocycles. The molecule has 0 N–H and O–H groups in total. The van der Waals surface area contributed by atoms with Crippen LogP contribution in [0.1, 0.15) is 19.3 Å². The van der Waals surface area contributed by atoms with Crippen molar-refractivity contribution in [1.82, 2.24) is 4.90 Å². The molecule has 3 fully saturated rings. The van der Waals surface area contributed by atoms with E-state index < -0.39 is 0 Å². The van der Waals surface area contributed by atoms with Gasteiger partial charge in [-0.3, -0.25) is 4.79 Å². The molecule has 0 saturated carbocycles. The normalized spacial score (nSPS) is 31.4. The minimum atomic E-state index is 0.270. The molecule has 74 valence electrons. The Morgan fingerprint density at radius 3 is 2.71 bits per heavy atom. The number of carbonyl (C=O) groups is 1. The van der Waals surface area contributed by atoms with Crippen molar-refractivity contribution in [3.05, 3.63) is 23.8 Å². The standard InChI is InChI=1S/C11H13NO2/c13-11-8-3-5-12(6-4-8)10(11)9-2-1-7-14-9/h1,7-8H,2-6H2.